The Bertz CT molecular complexity index is 440. The lowest BCUT2D eigenvalue weighted by Gasteiger charge is -2.21. The van der Waals surface area contributed by atoms with Gasteiger partial charge < -0.3 is 14.4 Å². The maximum absolute atomic E-state index is 5.59. The first-order valence-electron chi connectivity index (χ1n) is 7.73. The number of rotatable bonds is 5. The van der Waals surface area contributed by atoms with E-state index in [1.54, 1.807) is 7.11 Å². The Morgan fingerprint density at radius 3 is 3.10 bits per heavy atom. The second-order valence-electron chi connectivity index (χ2n) is 6.28. The van der Waals surface area contributed by atoms with Crippen LogP contribution in [0.3, 0.4) is 0 Å². The van der Waals surface area contributed by atoms with Gasteiger partial charge in [0.05, 0.1) is 13.7 Å². The normalized spacial score (nSPS) is 26.4. The molecule has 0 radical (unpaired) electrons. The minimum atomic E-state index is 0.496. The lowest BCUT2D eigenvalue weighted by molar-refractivity contribution is 0.152. The fraction of sp³-hybridized carbons (Fsp3) is 0.647. The molecule has 0 bridgehead atoms. The fourth-order valence-electron chi connectivity index (χ4n) is 3.52. The van der Waals surface area contributed by atoms with Crippen LogP contribution >= 0.6 is 0 Å². The van der Waals surface area contributed by atoms with Crippen LogP contribution in [0.5, 0.6) is 5.75 Å². The first-order valence-corrected chi connectivity index (χ1v) is 7.73. The van der Waals surface area contributed by atoms with Crippen molar-refractivity contribution in [2.45, 2.75) is 25.7 Å². The fourth-order valence-corrected chi connectivity index (χ4v) is 3.52. The minimum Gasteiger partial charge on any atom is -0.497 e. The summed E-state index contributed by atoms with van der Waals surface area (Å²) in [4.78, 5) is 2.62. The van der Waals surface area contributed by atoms with Crippen LogP contribution in [0.25, 0.3) is 0 Å². The predicted octanol–water partition coefficient (Wildman–Crippen LogP) is 2.74. The van der Waals surface area contributed by atoms with Crippen molar-refractivity contribution in [3.8, 4) is 5.75 Å². The number of likely N-dealkylation sites (tertiary alicyclic amines) is 1. The van der Waals surface area contributed by atoms with Gasteiger partial charge in [-0.15, -0.1) is 0 Å². The predicted molar refractivity (Wildman–Crippen MR) is 80.2 cm³/mol. The summed E-state index contributed by atoms with van der Waals surface area (Å²) in [6, 6.07) is 8.43. The molecule has 3 nitrogen and oxygen atoms in total. The van der Waals surface area contributed by atoms with Crippen LogP contribution < -0.4 is 4.74 Å². The summed E-state index contributed by atoms with van der Waals surface area (Å²) in [7, 11) is 1.73. The molecule has 2 aliphatic rings. The molecule has 2 saturated heterocycles. The van der Waals surface area contributed by atoms with E-state index in [1.165, 1.54) is 44.5 Å². The quantitative estimate of drug-likeness (QED) is 0.825. The summed E-state index contributed by atoms with van der Waals surface area (Å²) in [5.74, 6) is 0.964. The van der Waals surface area contributed by atoms with E-state index in [-0.39, 0.29) is 0 Å². The van der Waals surface area contributed by atoms with E-state index >= 15 is 0 Å². The van der Waals surface area contributed by atoms with Crippen molar-refractivity contribution in [2.75, 3.05) is 40.0 Å². The topological polar surface area (TPSA) is 21.7 Å². The maximum atomic E-state index is 5.59. The average Bonchev–Trinajstić information content (AvgIpc) is 3.10. The van der Waals surface area contributed by atoms with Gasteiger partial charge in [0.2, 0.25) is 0 Å². The molecular weight excluding hydrogens is 250 g/mol. The van der Waals surface area contributed by atoms with Crippen LogP contribution in [-0.2, 0) is 11.2 Å². The Balaban J connectivity index is 1.44. The average molecular weight is 275 g/mol. The highest BCUT2D eigenvalue weighted by Crippen LogP contribution is 2.38. The highest BCUT2D eigenvalue weighted by molar-refractivity contribution is 5.28. The van der Waals surface area contributed by atoms with Crippen molar-refractivity contribution in [2.24, 2.45) is 5.41 Å². The zero-order chi connectivity index (χ0) is 13.8. The van der Waals surface area contributed by atoms with Gasteiger partial charge in [-0.1, -0.05) is 12.1 Å². The van der Waals surface area contributed by atoms with Gasteiger partial charge in [-0.05, 0) is 56.5 Å². The molecule has 110 valence electrons. The Hall–Kier alpha value is -1.06. The smallest absolute Gasteiger partial charge is 0.119 e. The van der Waals surface area contributed by atoms with Crippen molar-refractivity contribution in [1.82, 2.24) is 4.90 Å². The maximum Gasteiger partial charge on any atom is 0.119 e. The molecule has 0 amide bonds. The largest absolute Gasteiger partial charge is 0.497 e. The van der Waals surface area contributed by atoms with Crippen LogP contribution in [0.2, 0.25) is 0 Å². The van der Waals surface area contributed by atoms with Gasteiger partial charge in [0.25, 0.3) is 0 Å². The number of hydrogen-bond acceptors (Lipinski definition) is 3. The zero-order valence-corrected chi connectivity index (χ0v) is 12.4. The Morgan fingerprint density at radius 2 is 2.30 bits per heavy atom. The molecule has 3 heteroatoms. The van der Waals surface area contributed by atoms with Crippen LogP contribution in [-0.4, -0.2) is 44.9 Å². The standard InChI is InChI=1S/C17H25NO2/c1-19-16-6-2-4-15(12-16)5-3-9-18-10-7-17(13-18)8-11-20-14-17/h2,4,6,12H,3,5,7-11,13-14H2,1H3. The molecule has 1 spiro atoms. The van der Waals surface area contributed by atoms with E-state index in [0.717, 1.165) is 25.4 Å². The zero-order valence-electron chi connectivity index (χ0n) is 12.4. The van der Waals surface area contributed by atoms with Crippen molar-refractivity contribution in [3.05, 3.63) is 29.8 Å². The van der Waals surface area contributed by atoms with Crippen molar-refractivity contribution in [3.63, 3.8) is 0 Å². The summed E-state index contributed by atoms with van der Waals surface area (Å²) in [6.07, 6.45) is 4.95. The molecule has 1 aromatic rings. The van der Waals surface area contributed by atoms with Crippen molar-refractivity contribution < 1.29 is 9.47 Å². The third-order valence-corrected chi connectivity index (χ3v) is 4.78. The molecule has 0 aromatic heterocycles. The lowest BCUT2D eigenvalue weighted by atomic mass is 9.87. The molecule has 1 aromatic carbocycles. The van der Waals surface area contributed by atoms with Gasteiger partial charge in [0.1, 0.15) is 5.75 Å². The molecule has 1 unspecified atom stereocenters. The third kappa shape index (κ3) is 3.15. The Morgan fingerprint density at radius 1 is 1.35 bits per heavy atom. The van der Waals surface area contributed by atoms with Crippen molar-refractivity contribution >= 4 is 0 Å². The highest BCUT2D eigenvalue weighted by atomic mass is 16.5. The van der Waals surface area contributed by atoms with Gasteiger partial charge >= 0.3 is 0 Å². The molecule has 2 heterocycles. The van der Waals surface area contributed by atoms with Gasteiger partial charge in [-0.25, -0.2) is 0 Å². The lowest BCUT2D eigenvalue weighted by Crippen LogP contribution is -2.28. The second-order valence-corrected chi connectivity index (χ2v) is 6.28. The molecule has 0 aliphatic carbocycles. The second kappa shape index (κ2) is 6.15. The highest BCUT2D eigenvalue weighted by Gasteiger charge is 2.40. The summed E-state index contributed by atoms with van der Waals surface area (Å²) in [6.45, 7) is 5.66. The third-order valence-electron chi connectivity index (χ3n) is 4.78. The van der Waals surface area contributed by atoms with E-state index < -0.39 is 0 Å². The number of aryl methyl sites for hydroxylation is 1. The monoisotopic (exact) mass is 275 g/mol. The van der Waals surface area contributed by atoms with E-state index in [9.17, 15) is 0 Å². The molecule has 2 fully saturated rings. The SMILES string of the molecule is COc1cccc(CCCN2CCC3(CCOC3)C2)c1. The van der Waals surface area contributed by atoms with Crippen LogP contribution in [0.4, 0.5) is 0 Å². The molecular formula is C17H25NO2. The number of benzene rings is 1. The van der Waals surface area contributed by atoms with Crippen LogP contribution in [0, 0.1) is 5.41 Å². The van der Waals surface area contributed by atoms with E-state index in [4.69, 9.17) is 9.47 Å². The number of hydrogen-bond donors (Lipinski definition) is 0. The van der Waals surface area contributed by atoms with E-state index in [2.05, 4.69) is 23.1 Å². The molecule has 0 N–H and O–H groups in total. The summed E-state index contributed by atoms with van der Waals surface area (Å²) in [5.41, 5.74) is 1.87. The summed E-state index contributed by atoms with van der Waals surface area (Å²) < 4.78 is 10.9. The first kappa shape index (κ1) is 13.9. The summed E-state index contributed by atoms with van der Waals surface area (Å²) in [5, 5.41) is 0. The number of nitrogens with zero attached hydrogens (tertiary/aromatic N) is 1. The first-order chi connectivity index (χ1) is 9.80. The van der Waals surface area contributed by atoms with Crippen LogP contribution in [0.1, 0.15) is 24.8 Å². The summed E-state index contributed by atoms with van der Waals surface area (Å²) >= 11 is 0. The van der Waals surface area contributed by atoms with E-state index in [0.29, 0.717) is 5.41 Å². The van der Waals surface area contributed by atoms with Gasteiger partial charge in [-0.2, -0.15) is 0 Å². The van der Waals surface area contributed by atoms with Gasteiger partial charge in [0, 0.05) is 18.6 Å². The molecule has 2 aliphatic heterocycles. The molecule has 0 saturated carbocycles. The van der Waals surface area contributed by atoms with Crippen LogP contribution in [0.15, 0.2) is 24.3 Å². The molecule has 3 rings (SSSR count). The Labute approximate surface area is 121 Å². The van der Waals surface area contributed by atoms with E-state index in [1.807, 2.05) is 6.07 Å². The minimum absolute atomic E-state index is 0.496. The van der Waals surface area contributed by atoms with Gasteiger partial charge in [-0.3, -0.25) is 0 Å². The number of ether oxygens (including phenoxy) is 2. The molecule has 1 atom stereocenters. The molecule has 20 heavy (non-hydrogen) atoms. The number of methoxy groups -OCH3 is 1. The Kier molecular flexibility index (Phi) is 4.27. The van der Waals surface area contributed by atoms with Crippen molar-refractivity contribution in [1.29, 1.82) is 0 Å². The van der Waals surface area contributed by atoms with Gasteiger partial charge in [0.15, 0.2) is 0 Å².